The van der Waals surface area contributed by atoms with Gasteiger partial charge >= 0.3 is 0 Å². The average Bonchev–Trinajstić information content (AvgIpc) is 2.57. The molecule has 0 spiro atoms. The standard InChI is InChI=1S/C18H14ClFN2OS/c1-23-10-6-9-4-2-3-5-11(9)12(7-10)15-14(19)8-13(18(22)24)17(21)16(15)20/h2-8H,21H2,1H3,(H2,22,24). The molecule has 122 valence electrons. The topological polar surface area (TPSA) is 61.3 Å². The number of thiocarbonyl (C=S) groups is 1. The molecule has 0 atom stereocenters. The van der Waals surface area contributed by atoms with Crippen molar-refractivity contribution in [2.45, 2.75) is 0 Å². The van der Waals surface area contributed by atoms with Crippen molar-refractivity contribution in [1.82, 2.24) is 0 Å². The fraction of sp³-hybridized carbons (Fsp3) is 0.0556. The Morgan fingerprint density at radius 3 is 2.58 bits per heavy atom. The molecule has 3 aromatic rings. The van der Waals surface area contributed by atoms with Crippen molar-refractivity contribution in [3.05, 3.63) is 58.9 Å². The summed E-state index contributed by atoms with van der Waals surface area (Å²) in [6.45, 7) is 0. The van der Waals surface area contributed by atoms with Crippen LogP contribution in [0.15, 0.2) is 42.5 Å². The third-order valence-electron chi connectivity index (χ3n) is 3.86. The van der Waals surface area contributed by atoms with Crippen molar-refractivity contribution >= 4 is 45.3 Å². The first-order valence-corrected chi connectivity index (χ1v) is 7.87. The zero-order valence-corrected chi connectivity index (χ0v) is 14.3. The van der Waals surface area contributed by atoms with E-state index in [0.717, 1.165) is 10.8 Å². The number of nitrogen functional groups attached to an aromatic ring is 1. The summed E-state index contributed by atoms with van der Waals surface area (Å²) in [4.78, 5) is -0.00431. The monoisotopic (exact) mass is 360 g/mol. The van der Waals surface area contributed by atoms with Crippen molar-refractivity contribution < 1.29 is 9.13 Å². The molecule has 3 nitrogen and oxygen atoms in total. The molecule has 0 saturated carbocycles. The van der Waals surface area contributed by atoms with Gasteiger partial charge in [0.15, 0.2) is 5.82 Å². The van der Waals surface area contributed by atoms with Crippen molar-refractivity contribution in [3.63, 3.8) is 0 Å². The lowest BCUT2D eigenvalue weighted by Gasteiger charge is -2.15. The Morgan fingerprint density at radius 1 is 1.21 bits per heavy atom. The predicted octanol–water partition coefficient (Wildman–Crippen LogP) is 4.52. The fourth-order valence-corrected chi connectivity index (χ4v) is 3.16. The second-order valence-electron chi connectivity index (χ2n) is 5.27. The maximum absolute atomic E-state index is 15.0. The number of ether oxygens (including phenoxy) is 1. The number of halogens is 2. The number of hydrogen-bond donors (Lipinski definition) is 2. The Labute approximate surface area is 149 Å². The van der Waals surface area contributed by atoms with Crippen LogP contribution in [-0.4, -0.2) is 12.1 Å². The lowest BCUT2D eigenvalue weighted by molar-refractivity contribution is 0.415. The minimum absolute atomic E-state index is 0.00431. The second-order valence-corrected chi connectivity index (χ2v) is 6.12. The van der Waals surface area contributed by atoms with Crippen LogP contribution < -0.4 is 16.2 Å². The number of rotatable bonds is 3. The Balaban J connectivity index is 2.40. The quantitative estimate of drug-likeness (QED) is 0.532. The van der Waals surface area contributed by atoms with E-state index >= 15 is 0 Å². The van der Waals surface area contributed by atoms with Gasteiger partial charge in [-0.1, -0.05) is 48.1 Å². The van der Waals surface area contributed by atoms with Gasteiger partial charge in [-0.2, -0.15) is 0 Å². The largest absolute Gasteiger partial charge is 0.497 e. The van der Waals surface area contributed by atoms with Crippen LogP contribution in [0.5, 0.6) is 5.75 Å². The van der Waals surface area contributed by atoms with E-state index in [9.17, 15) is 4.39 Å². The van der Waals surface area contributed by atoms with Crippen LogP contribution in [-0.2, 0) is 0 Å². The summed E-state index contributed by atoms with van der Waals surface area (Å²) in [5.74, 6) is -0.0557. The molecule has 0 bridgehead atoms. The van der Waals surface area contributed by atoms with Gasteiger partial charge in [-0.25, -0.2) is 4.39 Å². The highest BCUT2D eigenvalue weighted by Crippen LogP contribution is 2.40. The predicted molar refractivity (Wildman–Crippen MR) is 101 cm³/mol. The molecule has 4 N–H and O–H groups in total. The number of benzene rings is 3. The summed E-state index contributed by atoms with van der Waals surface area (Å²) in [6.07, 6.45) is 0. The number of methoxy groups -OCH3 is 1. The Bertz CT molecular complexity index is 975. The van der Waals surface area contributed by atoms with E-state index in [1.54, 1.807) is 13.2 Å². The fourth-order valence-electron chi connectivity index (χ4n) is 2.69. The van der Waals surface area contributed by atoms with Gasteiger partial charge in [0.25, 0.3) is 0 Å². The van der Waals surface area contributed by atoms with Crippen LogP contribution in [0.3, 0.4) is 0 Å². The molecule has 0 aliphatic heterocycles. The van der Waals surface area contributed by atoms with E-state index in [1.807, 2.05) is 30.3 Å². The Morgan fingerprint density at radius 2 is 1.92 bits per heavy atom. The maximum atomic E-state index is 15.0. The van der Waals surface area contributed by atoms with Crippen LogP contribution in [0.2, 0.25) is 5.02 Å². The van der Waals surface area contributed by atoms with Gasteiger partial charge in [0.1, 0.15) is 10.7 Å². The van der Waals surface area contributed by atoms with Gasteiger partial charge in [-0.15, -0.1) is 0 Å². The first-order valence-electron chi connectivity index (χ1n) is 7.08. The van der Waals surface area contributed by atoms with Crippen LogP contribution >= 0.6 is 23.8 Å². The number of nitrogens with two attached hydrogens (primary N) is 2. The minimum Gasteiger partial charge on any atom is -0.497 e. The lowest BCUT2D eigenvalue weighted by Crippen LogP contribution is -2.14. The van der Waals surface area contributed by atoms with E-state index in [0.29, 0.717) is 11.3 Å². The van der Waals surface area contributed by atoms with E-state index in [1.165, 1.54) is 6.07 Å². The van der Waals surface area contributed by atoms with Gasteiger partial charge in [-0.3, -0.25) is 0 Å². The summed E-state index contributed by atoms with van der Waals surface area (Å²) in [7, 11) is 1.55. The molecule has 0 saturated heterocycles. The molecule has 0 aliphatic carbocycles. The summed E-state index contributed by atoms with van der Waals surface area (Å²) in [6, 6.07) is 12.7. The molecular formula is C18H14ClFN2OS. The second kappa shape index (κ2) is 6.26. The summed E-state index contributed by atoms with van der Waals surface area (Å²) < 4.78 is 20.3. The van der Waals surface area contributed by atoms with Crippen molar-refractivity contribution in [2.75, 3.05) is 12.8 Å². The van der Waals surface area contributed by atoms with Crippen LogP contribution in [0.1, 0.15) is 5.56 Å². The van der Waals surface area contributed by atoms with Crippen LogP contribution in [0.4, 0.5) is 10.1 Å². The van der Waals surface area contributed by atoms with E-state index < -0.39 is 5.82 Å². The van der Waals surface area contributed by atoms with Crippen LogP contribution in [0.25, 0.3) is 21.9 Å². The lowest BCUT2D eigenvalue weighted by atomic mass is 9.95. The molecule has 0 aromatic heterocycles. The van der Waals surface area contributed by atoms with Crippen molar-refractivity contribution in [1.29, 1.82) is 0 Å². The first kappa shape index (κ1) is 16.5. The molecule has 0 amide bonds. The highest BCUT2D eigenvalue weighted by molar-refractivity contribution is 7.80. The Kier molecular flexibility index (Phi) is 4.30. The highest BCUT2D eigenvalue weighted by atomic mass is 35.5. The van der Waals surface area contributed by atoms with Gasteiger partial charge in [-0.05, 0) is 34.5 Å². The SMILES string of the molecule is COc1cc(-c2c(Cl)cc(C(N)=S)c(N)c2F)c2ccccc2c1. The molecule has 24 heavy (non-hydrogen) atoms. The molecule has 6 heteroatoms. The van der Waals surface area contributed by atoms with Crippen molar-refractivity contribution in [2.24, 2.45) is 5.73 Å². The summed E-state index contributed by atoms with van der Waals surface area (Å²) in [5.41, 5.74) is 12.4. The zero-order chi connectivity index (χ0) is 17.4. The van der Waals surface area contributed by atoms with E-state index in [-0.39, 0.29) is 26.8 Å². The Hall–Kier alpha value is -2.37. The molecule has 0 heterocycles. The molecule has 3 aromatic carbocycles. The zero-order valence-electron chi connectivity index (χ0n) is 12.8. The van der Waals surface area contributed by atoms with Crippen molar-refractivity contribution in [3.8, 4) is 16.9 Å². The van der Waals surface area contributed by atoms with Gasteiger partial charge in [0.05, 0.1) is 17.8 Å². The molecule has 0 aliphatic rings. The first-order chi connectivity index (χ1) is 11.4. The highest BCUT2D eigenvalue weighted by Gasteiger charge is 2.20. The smallest absolute Gasteiger partial charge is 0.156 e. The molecular weight excluding hydrogens is 347 g/mol. The molecule has 0 radical (unpaired) electrons. The van der Waals surface area contributed by atoms with Crippen LogP contribution in [0, 0.1) is 5.82 Å². The summed E-state index contributed by atoms with van der Waals surface area (Å²) in [5, 5.41) is 1.92. The third kappa shape index (κ3) is 2.66. The molecule has 0 fully saturated rings. The van der Waals surface area contributed by atoms with E-state index in [2.05, 4.69) is 0 Å². The summed E-state index contributed by atoms with van der Waals surface area (Å²) >= 11 is 11.2. The average molecular weight is 361 g/mol. The van der Waals surface area contributed by atoms with Gasteiger partial charge < -0.3 is 16.2 Å². The molecule has 0 unspecified atom stereocenters. The number of anilines is 1. The number of fused-ring (bicyclic) bond motifs is 1. The normalized spacial score (nSPS) is 10.8. The van der Waals surface area contributed by atoms with Gasteiger partial charge in [0.2, 0.25) is 0 Å². The van der Waals surface area contributed by atoms with Gasteiger partial charge in [0, 0.05) is 11.1 Å². The maximum Gasteiger partial charge on any atom is 0.156 e. The minimum atomic E-state index is -0.649. The molecule has 3 rings (SSSR count). The third-order valence-corrected chi connectivity index (χ3v) is 4.38. The van der Waals surface area contributed by atoms with E-state index in [4.69, 9.17) is 40.0 Å². The number of hydrogen-bond acceptors (Lipinski definition) is 3.